The van der Waals surface area contributed by atoms with Crippen molar-refractivity contribution in [1.82, 2.24) is 9.55 Å². The number of aromatic nitrogens is 2. The normalized spacial score (nSPS) is 10.8. The van der Waals surface area contributed by atoms with Crippen LogP contribution >= 0.6 is 0 Å². The summed E-state index contributed by atoms with van der Waals surface area (Å²) in [6.07, 6.45) is 4.17. The van der Waals surface area contributed by atoms with Crippen LogP contribution < -0.4 is 14.8 Å². The van der Waals surface area contributed by atoms with Crippen LogP contribution in [0, 0.1) is 0 Å². The highest BCUT2D eigenvalue weighted by Gasteiger charge is 2.12. The maximum Gasteiger partial charge on any atom is 0.203 e. The van der Waals surface area contributed by atoms with Crippen LogP contribution in [0.4, 0.5) is 5.95 Å². The molecule has 1 N–H and O–H groups in total. The monoisotopic (exact) mass is 455 g/mol. The second-order valence-corrected chi connectivity index (χ2v) is 8.20. The Morgan fingerprint density at radius 3 is 2.38 bits per heavy atom. The molecule has 1 heterocycles. The number of nitrogens with one attached hydrogen (secondary N) is 1. The zero-order valence-corrected chi connectivity index (χ0v) is 20.0. The SMILES string of the molecule is CCCCn1c(-c2ccc(OCC)cc2)cnc1NCc1cccc(OCc2ccccc2)c1. The molecule has 0 atom stereocenters. The van der Waals surface area contributed by atoms with Crippen molar-refractivity contribution in [3.05, 3.63) is 96.2 Å². The first-order valence-corrected chi connectivity index (χ1v) is 12.0. The molecule has 0 amide bonds. The fourth-order valence-electron chi connectivity index (χ4n) is 3.85. The van der Waals surface area contributed by atoms with Crippen LogP contribution in [0.5, 0.6) is 11.5 Å². The molecule has 0 aliphatic carbocycles. The van der Waals surface area contributed by atoms with Crippen LogP contribution in [0.2, 0.25) is 0 Å². The minimum Gasteiger partial charge on any atom is -0.494 e. The quantitative estimate of drug-likeness (QED) is 0.251. The van der Waals surface area contributed by atoms with Gasteiger partial charge in [0, 0.05) is 18.7 Å². The highest BCUT2D eigenvalue weighted by Crippen LogP contribution is 2.26. The summed E-state index contributed by atoms with van der Waals surface area (Å²) in [5.41, 5.74) is 4.55. The molecule has 5 nitrogen and oxygen atoms in total. The number of hydrogen-bond donors (Lipinski definition) is 1. The van der Waals surface area contributed by atoms with E-state index in [9.17, 15) is 0 Å². The van der Waals surface area contributed by atoms with Crippen LogP contribution in [-0.4, -0.2) is 16.2 Å². The van der Waals surface area contributed by atoms with Crippen LogP contribution in [-0.2, 0) is 19.7 Å². The molecule has 0 fully saturated rings. The van der Waals surface area contributed by atoms with Gasteiger partial charge in [0.15, 0.2) is 0 Å². The predicted octanol–water partition coefficient (Wildman–Crippen LogP) is 6.94. The minimum absolute atomic E-state index is 0.560. The molecule has 0 aliphatic heterocycles. The van der Waals surface area contributed by atoms with Gasteiger partial charge in [0.05, 0.1) is 18.5 Å². The summed E-state index contributed by atoms with van der Waals surface area (Å²) in [6.45, 7) is 7.03. The summed E-state index contributed by atoms with van der Waals surface area (Å²) in [7, 11) is 0. The molecule has 0 saturated heterocycles. The van der Waals surface area contributed by atoms with E-state index in [0.717, 1.165) is 59.2 Å². The van der Waals surface area contributed by atoms with Gasteiger partial charge in [-0.1, -0.05) is 55.8 Å². The van der Waals surface area contributed by atoms with E-state index in [4.69, 9.17) is 14.5 Å². The van der Waals surface area contributed by atoms with Gasteiger partial charge in [-0.05, 0) is 60.9 Å². The van der Waals surface area contributed by atoms with Crippen molar-refractivity contribution >= 4 is 5.95 Å². The van der Waals surface area contributed by atoms with Gasteiger partial charge in [-0.3, -0.25) is 0 Å². The lowest BCUT2D eigenvalue weighted by atomic mass is 10.1. The molecule has 0 aliphatic rings. The van der Waals surface area contributed by atoms with Gasteiger partial charge in [-0.2, -0.15) is 0 Å². The number of hydrogen-bond acceptors (Lipinski definition) is 4. The third-order valence-corrected chi connectivity index (χ3v) is 5.65. The van der Waals surface area contributed by atoms with E-state index in [0.29, 0.717) is 19.8 Å². The van der Waals surface area contributed by atoms with Crippen molar-refractivity contribution in [3.63, 3.8) is 0 Å². The Balaban J connectivity index is 1.45. The molecule has 1 aromatic heterocycles. The minimum atomic E-state index is 0.560. The Kier molecular flexibility index (Phi) is 8.22. The van der Waals surface area contributed by atoms with Gasteiger partial charge in [0.1, 0.15) is 18.1 Å². The first kappa shape index (κ1) is 23.4. The number of nitrogens with zero attached hydrogens (tertiary/aromatic N) is 2. The molecule has 4 rings (SSSR count). The largest absolute Gasteiger partial charge is 0.494 e. The molecule has 0 radical (unpaired) electrons. The van der Waals surface area contributed by atoms with Crippen molar-refractivity contribution in [2.75, 3.05) is 11.9 Å². The third-order valence-electron chi connectivity index (χ3n) is 5.65. The van der Waals surface area contributed by atoms with Crippen LogP contribution in [0.15, 0.2) is 85.1 Å². The summed E-state index contributed by atoms with van der Waals surface area (Å²) >= 11 is 0. The van der Waals surface area contributed by atoms with Crippen LogP contribution in [0.1, 0.15) is 37.8 Å². The van der Waals surface area contributed by atoms with Gasteiger partial charge in [-0.15, -0.1) is 0 Å². The van der Waals surface area contributed by atoms with Crippen molar-refractivity contribution in [2.24, 2.45) is 0 Å². The summed E-state index contributed by atoms with van der Waals surface area (Å²) in [4.78, 5) is 4.71. The lowest BCUT2D eigenvalue weighted by molar-refractivity contribution is 0.306. The standard InChI is InChI=1S/C29H33N3O2/c1-3-5-18-32-28(25-14-16-26(17-15-25)33-4-2)21-31-29(32)30-20-24-12-9-13-27(19-24)34-22-23-10-7-6-8-11-23/h6-17,19,21H,3-5,18,20,22H2,1-2H3,(H,30,31). The Bertz CT molecular complexity index is 1150. The molecule has 176 valence electrons. The molecule has 0 saturated carbocycles. The van der Waals surface area contributed by atoms with Crippen molar-refractivity contribution < 1.29 is 9.47 Å². The highest BCUT2D eigenvalue weighted by molar-refractivity contribution is 5.62. The van der Waals surface area contributed by atoms with Gasteiger partial charge >= 0.3 is 0 Å². The van der Waals surface area contributed by atoms with E-state index in [2.05, 4.69) is 53.2 Å². The number of imidazole rings is 1. The van der Waals surface area contributed by atoms with Crippen molar-refractivity contribution in [3.8, 4) is 22.8 Å². The number of anilines is 1. The molecule has 0 unspecified atom stereocenters. The fraction of sp³-hybridized carbons (Fsp3) is 0.276. The Hall–Kier alpha value is -3.73. The molecular weight excluding hydrogens is 422 g/mol. The summed E-state index contributed by atoms with van der Waals surface area (Å²) in [5.74, 6) is 2.64. The lowest BCUT2D eigenvalue weighted by Gasteiger charge is -2.14. The van der Waals surface area contributed by atoms with Crippen molar-refractivity contribution in [2.45, 2.75) is 46.4 Å². The molecule has 34 heavy (non-hydrogen) atoms. The highest BCUT2D eigenvalue weighted by atomic mass is 16.5. The number of benzene rings is 3. The molecule has 4 aromatic rings. The fourth-order valence-corrected chi connectivity index (χ4v) is 3.85. The van der Waals surface area contributed by atoms with Crippen LogP contribution in [0.25, 0.3) is 11.3 Å². The van der Waals surface area contributed by atoms with E-state index in [1.54, 1.807) is 0 Å². The molecule has 5 heteroatoms. The smallest absolute Gasteiger partial charge is 0.203 e. The van der Waals surface area contributed by atoms with E-state index in [1.807, 2.05) is 55.6 Å². The first-order chi connectivity index (χ1) is 16.8. The van der Waals surface area contributed by atoms with E-state index in [-0.39, 0.29) is 0 Å². The molecule has 0 bridgehead atoms. The second-order valence-electron chi connectivity index (χ2n) is 8.20. The molecular formula is C29H33N3O2. The summed E-state index contributed by atoms with van der Waals surface area (Å²) in [5, 5.41) is 3.53. The lowest BCUT2D eigenvalue weighted by Crippen LogP contribution is -2.09. The zero-order chi connectivity index (χ0) is 23.6. The number of ether oxygens (including phenoxy) is 2. The van der Waals surface area contributed by atoms with Gasteiger partial charge in [0.25, 0.3) is 0 Å². The zero-order valence-electron chi connectivity index (χ0n) is 20.0. The topological polar surface area (TPSA) is 48.3 Å². The van der Waals surface area contributed by atoms with E-state index in [1.165, 1.54) is 0 Å². The third kappa shape index (κ3) is 6.19. The molecule has 0 spiro atoms. The molecule has 3 aromatic carbocycles. The van der Waals surface area contributed by atoms with E-state index < -0.39 is 0 Å². The number of unbranched alkanes of at least 4 members (excludes halogenated alkanes) is 1. The predicted molar refractivity (Wildman–Crippen MR) is 138 cm³/mol. The van der Waals surface area contributed by atoms with E-state index >= 15 is 0 Å². The van der Waals surface area contributed by atoms with Crippen LogP contribution in [0.3, 0.4) is 0 Å². The maximum absolute atomic E-state index is 5.99. The van der Waals surface area contributed by atoms with Gasteiger partial charge in [0.2, 0.25) is 5.95 Å². The summed E-state index contributed by atoms with van der Waals surface area (Å²) < 4.78 is 13.9. The second kappa shape index (κ2) is 11.9. The van der Waals surface area contributed by atoms with Crippen molar-refractivity contribution in [1.29, 1.82) is 0 Å². The Morgan fingerprint density at radius 1 is 0.824 bits per heavy atom. The Morgan fingerprint density at radius 2 is 1.62 bits per heavy atom. The number of rotatable bonds is 12. The van der Waals surface area contributed by atoms with Gasteiger partial charge in [-0.25, -0.2) is 4.98 Å². The first-order valence-electron chi connectivity index (χ1n) is 12.0. The average molecular weight is 456 g/mol. The van der Waals surface area contributed by atoms with Gasteiger partial charge < -0.3 is 19.4 Å². The Labute approximate surface area is 202 Å². The summed E-state index contributed by atoms with van der Waals surface area (Å²) in [6, 6.07) is 26.7. The maximum atomic E-state index is 5.99. The average Bonchev–Trinajstić information content (AvgIpc) is 3.29.